The minimum atomic E-state index is -0.151. The average Bonchev–Trinajstić information content (AvgIpc) is 2.34. The Kier molecular flexibility index (Phi) is 8.81. The molecule has 0 radical (unpaired) electrons. The van der Waals surface area contributed by atoms with Gasteiger partial charge in [0.15, 0.2) is 0 Å². The first-order valence-corrected chi connectivity index (χ1v) is 6.26. The van der Waals surface area contributed by atoms with Crippen molar-refractivity contribution in [2.45, 2.75) is 32.9 Å². The van der Waals surface area contributed by atoms with Gasteiger partial charge in [0.25, 0.3) is 0 Å². The lowest BCUT2D eigenvalue weighted by Crippen LogP contribution is -2.42. The van der Waals surface area contributed by atoms with Crippen molar-refractivity contribution >= 4 is 29.9 Å². The maximum atomic E-state index is 11.7. The fourth-order valence-electron chi connectivity index (χ4n) is 1.40. The lowest BCUT2D eigenvalue weighted by Gasteiger charge is -2.13. The van der Waals surface area contributed by atoms with Crippen LogP contribution in [0.3, 0.4) is 0 Å². The zero-order chi connectivity index (χ0) is 12.7. The highest BCUT2D eigenvalue weighted by Gasteiger charge is 2.10. The molecule has 0 heterocycles. The van der Waals surface area contributed by atoms with Gasteiger partial charge < -0.3 is 10.6 Å². The van der Waals surface area contributed by atoms with Gasteiger partial charge in [-0.05, 0) is 37.6 Å². The van der Waals surface area contributed by atoms with Crippen LogP contribution >= 0.6 is 24.0 Å². The van der Waals surface area contributed by atoms with E-state index in [1.54, 1.807) is 0 Å². The summed E-state index contributed by atoms with van der Waals surface area (Å²) in [5.74, 6) is 0.0217. The van der Waals surface area contributed by atoms with E-state index in [1.165, 1.54) is 0 Å². The number of carbonyl (C=O) groups excluding carboxylic acids is 1. The fraction of sp³-hybridized carbons (Fsp3) is 0.462. The van der Waals surface area contributed by atoms with Crippen molar-refractivity contribution in [1.82, 2.24) is 10.6 Å². The van der Waals surface area contributed by atoms with Crippen LogP contribution in [0.25, 0.3) is 0 Å². The van der Waals surface area contributed by atoms with Crippen molar-refractivity contribution in [2.75, 3.05) is 6.54 Å². The Morgan fingerprint density at radius 2 is 1.94 bits per heavy atom. The predicted octanol–water partition coefficient (Wildman–Crippen LogP) is 2.77. The molecule has 18 heavy (non-hydrogen) atoms. The van der Waals surface area contributed by atoms with Crippen LogP contribution in [0.1, 0.15) is 25.8 Å². The first kappa shape index (κ1) is 17.2. The fourth-order valence-corrected chi connectivity index (χ4v) is 1.52. The molecular weight excluding hydrogens is 271 g/mol. The minimum Gasteiger partial charge on any atom is -0.351 e. The third-order valence-corrected chi connectivity index (χ3v) is 2.73. The molecule has 0 aliphatic heterocycles. The van der Waals surface area contributed by atoms with Crippen molar-refractivity contribution in [1.29, 1.82) is 0 Å². The molecule has 1 aromatic rings. The van der Waals surface area contributed by atoms with Gasteiger partial charge in [0.2, 0.25) is 5.91 Å². The van der Waals surface area contributed by atoms with E-state index in [0.29, 0.717) is 11.6 Å². The van der Waals surface area contributed by atoms with Gasteiger partial charge in [-0.25, -0.2) is 0 Å². The van der Waals surface area contributed by atoms with Crippen molar-refractivity contribution in [3.8, 4) is 0 Å². The molecule has 3 nitrogen and oxygen atoms in total. The number of hydrogen-bond acceptors (Lipinski definition) is 2. The third kappa shape index (κ3) is 6.24. The molecule has 1 amide bonds. The Balaban J connectivity index is 0.00000289. The minimum absolute atomic E-state index is 0. The summed E-state index contributed by atoms with van der Waals surface area (Å²) in [6, 6.07) is 7.31. The second kappa shape index (κ2) is 9.20. The van der Waals surface area contributed by atoms with Crippen LogP contribution in [0, 0.1) is 0 Å². The first-order valence-electron chi connectivity index (χ1n) is 5.89. The number of halogens is 2. The maximum absolute atomic E-state index is 11.7. The van der Waals surface area contributed by atoms with Crippen LogP contribution < -0.4 is 10.6 Å². The SMILES string of the molecule is CCCNC(C)C(=O)NCc1ccc(Cl)cc1.Cl. The van der Waals surface area contributed by atoms with Gasteiger partial charge in [0.05, 0.1) is 6.04 Å². The Hall–Kier alpha value is -0.770. The van der Waals surface area contributed by atoms with E-state index in [2.05, 4.69) is 17.6 Å². The van der Waals surface area contributed by atoms with E-state index in [-0.39, 0.29) is 24.4 Å². The van der Waals surface area contributed by atoms with Crippen LogP contribution in [0.4, 0.5) is 0 Å². The van der Waals surface area contributed by atoms with Crippen LogP contribution in [-0.4, -0.2) is 18.5 Å². The Bertz CT molecular complexity index is 355. The Labute approximate surface area is 120 Å². The van der Waals surface area contributed by atoms with E-state index in [4.69, 9.17) is 11.6 Å². The van der Waals surface area contributed by atoms with E-state index >= 15 is 0 Å². The third-order valence-electron chi connectivity index (χ3n) is 2.47. The van der Waals surface area contributed by atoms with Gasteiger partial charge in [-0.2, -0.15) is 0 Å². The van der Waals surface area contributed by atoms with Crippen LogP contribution in [0.15, 0.2) is 24.3 Å². The number of hydrogen-bond donors (Lipinski definition) is 2. The molecule has 0 aliphatic carbocycles. The molecule has 1 atom stereocenters. The molecule has 5 heteroatoms. The molecule has 1 unspecified atom stereocenters. The van der Waals surface area contributed by atoms with E-state index in [1.807, 2.05) is 31.2 Å². The molecule has 0 fully saturated rings. The van der Waals surface area contributed by atoms with Crippen LogP contribution in [0.2, 0.25) is 5.02 Å². The maximum Gasteiger partial charge on any atom is 0.237 e. The van der Waals surface area contributed by atoms with Crippen molar-refractivity contribution < 1.29 is 4.79 Å². The van der Waals surface area contributed by atoms with Crippen LogP contribution in [-0.2, 0) is 11.3 Å². The summed E-state index contributed by atoms with van der Waals surface area (Å²) >= 11 is 5.78. The van der Waals surface area contributed by atoms with Gasteiger partial charge in [-0.15, -0.1) is 12.4 Å². The predicted molar refractivity (Wildman–Crippen MR) is 78.3 cm³/mol. The van der Waals surface area contributed by atoms with Gasteiger partial charge in [0, 0.05) is 11.6 Å². The molecule has 0 saturated heterocycles. The van der Waals surface area contributed by atoms with E-state index in [9.17, 15) is 4.79 Å². The lowest BCUT2D eigenvalue weighted by molar-refractivity contribution is -0.122. The highest BCUT2D eigenvalue weighted by molar-refractivity contribution is 6.30. The summed E-state index contributed by atoms with van der Waals surface area (Å²) in [6.07, 6.45) is 1.02. The number of amides is 1. The summed E-state index contributed by atoms with van der Waals surface area (Å²) in [5, 5.41) is 6.73. The molecule has 1 aromatic carbocycles. The van der Waals surface area contributed by atoms with Crippen molar-refractivity contribution in [3.63, 3.8) is 0 Å². The number of nitrogens with one attached hydrogen (secondary N) is 2. The van der Waals surface area contributed by atoms with Gasteiger partial charge in [0.1, 0.15) is 0 Å². The summed E-state index contributed by atoms with van der Waals surface area (Å²) < 4.78 is 0. The zero-order valence-corrected chi connectivity index (χ0v) is 12.3. The van der Waals surface area contributed by atoms with Gasteiger partial charge in [-0.3, -0.25) is 4.79 Å². The molecule has 0 aliphatic rings. The molecule has 0 saturated carbocycles. The highest BCUT2D eigenvalue weighted by Crippen LogP contribution is 2.09. The normalized spacial score (nSPS) is 11.5. The second-order valence-corrected chi connectivity index (χ2v) is 4.46. The molecule has 0 spiro atoms. The average molecular weight is 291 g/mol. The second-order valence-electron chi connectivity index (χ2n) is 4.02. The highest BCUT2D eigenvalue weighted by atomic mass is 35.5. The molecule has 1 rings (SSSR count). The molecule has 102 valence electrons. The number of carbonyl (C=O) groups is 1. The Morgan fingerprint density at radius 3 is 2.50 bits per heavy atom. The monoisotopic (exact) mass is 290 g/mol. The van der Waals surface area contributed by atoms with E-state index < -0.39 is 0 Å². The summed E-state index contributed by atoms with van der Waals surface area (Å²) in [4.78, 5) is 11.7. The topological polar surface area (TPSA) is 41.1 Å². The van der Waals surface area contributed by atoms with Crippen molar-refractivity contribution in [3.05, 3.63) is 34.9 Å². The zero-order valence-electron chi connectivity index (χ0n) is 10.7. The first-order chi connectivity index (χ1) is 8.13. The standard InChI is InChI=1S/C13H19ClN2O.ClH/c1-3-8-15-10(2)13(17)16-9-11-4-6-12(14)7-5-11;/h4-7,10,15H,3,8-9H2,1-2H3,(H,16,17);1H. The molecule has 2 N–H and O–H groups in total. The number of rotatable bonds is 6. The van der Waals surface area contributed by atoms with Crippen LogP contribution in [0.5, 0.6) is 0 Å². The molecular formula is C13H20Cl2N2O. The summed E-state index contributed by atoms with van der Waals surface area (Å²) in [5.41, 5.74) is 1.05. The number of benzene rings is 1. The largest absolute Gasteiger partial charge is 0.351 e. The smallest absolute Gasteiger partial charge is 0.237 e. The summed E-state index contributed by atoms with van der Waals surface area (Å²) in [7, 11) is 0. The lowest BCUT2D eigenvalue weighted by atomic mass is 10.2. The van der Waals surface area contributed by atoms with Crippen molar-refractivity contribution in [2.24, 2.45) is 0 Å². The summed E-state index contributed by atoms with van der Waals surface area (Å²) in [6.45, 7) is 5.34. The van der Waals surface area contributed by atoms with Gasteiger partial charge >= 0.3 is 0 Å². The van der Waals surface area contributed by atoms with E-state index in [0.717, 1.165) is 18.5 Å². The molecule has 0 aromatic heterocycles. The Morgan fingerprint density at radius 1 is 1.33 bits per heavy atom. The molecule has 0 bridgehead atoms. The van der Waals surface area contributed by atoms with Gasteiger partial charge in [-0.1, -0.05) is 30.7 Å². The quantitative estimate of drug-likeness (QED) is 0.846.